The average Bonchev–Trinajstić information content (AvgIpc) is 2.50. The number of ether oxygens (including phenoxy) is 1. The summed E-state index contributed by atoms with van der Waals surface area (Å²) in [5, 5.41) is 2.80. The highest BCUT2D eigenvalue weighted by atomic mass is 19.1. The third kappa shape index (κ3) is 4.93. The Labute approximate surface area is 137 Å². The molecule has 0 unspecified atom stereocenters. The highest BCUT2D eigenvalue weighted by Crippen LogP contribution is 2.39. The van der Waals surface area contributed by atoms with Crippen LogP contribution in [-0.2, 0) is 4.79 Å². The van der Waals surface area contributed by atoms with Crippen LogP contribution in [0.15, 0.2) is 18.2 Å². The molecule has 5 heteroatoms. The summed E-state index contributed by atoms with van der Waals surface area (Å²) < 4.78 is 19.1. The molecule has 0 atom stereocenters. The van der Waals surface area contributed by atoms with Crippen LogP contribution < -0.4 is 15.8 Å². The normalized spacial score (nSPS) is 17.1. The molecule has 0 aromatic heterocycles. The van der Waals surface area contributed by atoms with Crippen LogP contribution in [0, 0.1) is 11.2 Å². The van der Waals surface area contributed by atoms with Crippen LogP contribution >= 0.6 is 0 Å². The van der Waals surface area contributed by atoms with Crippen molar-refractivity contribution < 1.29 is 13.9 Å². The van der Waals surface area contributed by atoms with Gasteiger partial charge in [0.1, 0.15) is 11.6 Å². The lowest BCUT2D eigenvalue weighted by Crippen LogP contribution is -2.36. The number of nitrogens with one attached hydrogen (secondary N) is 1. The first-order valence-corrected chi connectivity index (χ1v) is 8.40. The first-order chi connectivity index (χ1) is 10.9. The van der Waals surface area contributed by atoms with Crippen molar-refractivity contribution in [2.75, 3.05) is 11.9 Å². The standard InChI is InChI=1S/C18H27FN2O2/c1-13(2)23-16-7-6-14(19)10-15(16)21-17(22)11-18(12-20)8-4-3-5-9-18/h6-7,10,13H,3-5,8-9,11-12,20H2,1-2H3,(H,21,22). The Morgan fingerprint density at radius 3 is 2.65 bits per heavy atom. The van der Waals surface area contributed by atoms with E-state index < -0.39 is 5.82 Å². The van der Waals surface area contributed by atoms with Gasteiger partial charge in [0.15, 0.2) is 0 Å². The van der Waals surface area contributed by atoms with E-state index in [2.05, 4.69) is 5.32 Å². The molecule has 0 spiro atoms. The first-order valence-electron chi connectivity index (χ1n) is 8.40. The molecule has 1 aromatic rings. The molecule has 3 N–H and O–H groups in total. The minimum absolute atomic E-state index is 0.0511. The van der Waals surface area contributed by atoms with Crippen LogP contribution in [0.1, 0.15) is 52.4 Å². The van der Waals surface area contributed by atoms with Crippen LogP contribution in [0.25, 0.3) is 0 Å². The number of carbonyl (C=O) groups excluding carboxylic acids is 1. The second kappa shape index (κ2) is 7.77. The van der Waals surface area contributed by atoms with Gasteiger partial charge < -0.3 is 15.8 Å². The molecule has 1 aliphatic carbocycles. The molecule has 2 rings (SSSR count). The van der Waals surface area contributed by atoms with Gasteiger partial charge in [-0.05, 0) is 50.8 Å². The monoisotopic (exact) mass is 322 g/mol. The molecule has 1 aliphatic rings. The lowest BCUT2D eigenvalue weighted by atomic mass is 9.71. The zero-order valence-corrected chi connectivity index (χ0v) is 14.0. The predicted molar refractivity (Wildman–Crippen MR) is 90.0 cm³/mol. The van der Waals surface area contributed by atoms with Crippen LogP contribution in [0.4, 0.5) is 10.1 Å². The number of hydrogen-bond acceptors (Lipinski definition) is 3. The second-order valence-electron chi connectivity index (χ2n) is 6.80. The highest BCUT2D eigenvalue weighted by molar-refractivity contribution is 5.92. The third-order valence-corrected chi connectivity index (χ3v) is 4.46. The number of amides is 1. The van der Waals surface area contributed by atoms with E-state index in [0.717, 1.165) is 25.7 Å². The number of carbonyl (C=O) groups is 1. The van der Waals surface area contributed by atoms with Gasteiger partial charge in [0.2, 0.25) is 5.91 Å². The van der Waals surface area contributed by atoms with Gasteiger partial charge >= 0.3 is 0 Å². The largest absolute Gasteiger partial charge is 0.489 e. The summed E-state index contributed by atoms with van der Waals surface area (Å²) in [6, 6.07) is 4.17. The van der Waals surface area contributed by atoms with E-state index in [1.165, 1.54) is 18.6 Å². The number of halogens is 1. The Morgan fingerprint density at radius 1 is 1.35 bits per heavy atom. The average molecular weight is 322 g/mol. The summed E-state index contributed by atoms with van der Waals surface area (Å²) in [6.07, 6.45) is 5.73. The maximum atomic E-state index is 13.5. The quantitative estimate of drug-likeness (QED) is 0.836. The molecule has 1 aromatic carbocycles. The second-order valence-corrected chi connectivity index (χ2v) is 6.80. The van der Waals surface area contributed by atoms with Crippen LogP contribution in [0.2, 0.25) is 0 Å². The van der Waals surface area contributed by atoms with Gasteiger partial charge in [0.05, 0.1) is 11.8 Å². The van der Waals surface area contributed by atoms with Gasteiger partial charge in [-0.2, -0.15) is 0 Å². The molecule has 1 amide bonds. The minimum Gasteiger partial charge on any atom is -0.489 e. The van der Waals surface area contributed by atoms with Crippen molar-refractivity contribution in [3.63, 3.8) is 0 Å². The molecule has 1 fully saturated rings. The molecule has 0 bridgehead atoms. The summed E-state index contributed by atoms with van der Waals surface area (Å²) >= 11 is 0. The van der Waals surface area contributed by atoms with Crippen LogP contribution in [0.5, 0.6) is 5.75 Å². The topological polar surface area (TPSA) is 64.3 Å². The Balaban J connectivity index is 2.08. The molecule has 0 heterocycles. The summed E-state index contributed by atoms with van der Waals surface area (Å²) in [5.41, 5.74) is 6.20. The Hall–Kier alpha value is -1.62. The summed E-state index contributed by atoms with van der Waals surface area (Å²) in [7, 11) is 0. The molecule has 0 aliphatic heterocycles. The van der Waals surface area contributed by atoms with Gasteiger partial charge in [0.25, 0.3) is 0 Å². The van der Waals surface area contributed by atoms with E-state index in [4.69, 9.17) is 10.5 Å². The zero-order valence-electron chi connectivity index (χ0n) is 14.0. The Morgan fingerprint density at radius 2 is 2.04 bits per heavy atom. The fourth-order valence-electron chi connectivity index (χ4n) is 3.25. The van der Waals surface area contributed by atoms with E-state index in [0.29, 0.717) is 24.4 Å². The number of benzene rings is 1. The molecule has 0 radical (unpaired) electrons. The van der Waals surface area contributed by atoms with Gasteiger partial charge in [-0.3, -0.25) is 4.79 Å². The van der Waals surface area contributed by atoms with Crippen molar-refractivity contribution in [3.05, 3.63) is 24.0 Å². The van der Waals surface area contributed by atoms with Gasteiger partial charge in [-0.25, -0.2) is 4.39 Å². The van der Waals surface area contributed by atoms with Crippen molar-refractivity contribution in [1.29, 1.82) is 0 Å². The van der Waals surface area contributed by atoms with Gasteiger partial charge in [-0.15, -0.1) is 0 Å². The van der Waals surface area contributed by atoms with Crippen molar-refractivity contribution in [3.8, 4) is 5.75 Å². The number of rotatable bonds is 6. The summed E-state index contributed by atoms with van der Waals surface area (Å²) in [4.78, 5) is 12.4. The van der Waals surface area contributed by atoms with Crippen molar-refractivity contribution in [2.24, 2.45) is 11.1 Å². The van der Waals surface area contributed by atoms with Crippen LogP contribution in [0.3, 0.4) is 0 Å². The molecule has 0 saturated heterocycles. The smallest absolute Gasteiger partial charge is 0.225 e. The van der Waals surface area contributed by atoms with E-state index in [1.54, 1.807) is 6.07 Å². The summed E-state index contributed by atoms with van der Waals surface area (Å²) in [5.74, 6) is -0.0423. The van der Waals surface area contributed by atoms with Gasteiger partial charge in [-0.1, -0.05) is 19.3 Å². The molecule has 4 nitrogen and oxygen atoms in total. The number of hydrogen-bond donors (Lipinski definition) is 2. The van der Waals surface area contributed by atoms with Gasteiger partial charge in [0, 0.05) is 12.5 Å². The fourth-order valence-corrected chi connectivity index (χ4v) is 3.25. The molecule has 1 saturated carbocycles. The Kier molecular flexibility index (Phi) is 5.99. The van der Waals surface area contributed by atoms with Crippen molar-refractivity contribution >= 4 is 11.6 Å². The molecule has 128 valence electrons. The summed E-state index contributed by atoms with van der Waals surface area (Å²) in [6.45, 7) is 4.29. The van der Waals surface area contributed by atoms with Crippen molar-refractivity contribution in [2.45, 2.75) is 58.5 Å². The molecular formula is C18H27FN2O2. The lowest BCUT2D eigenvalue weighted by molar-refractivity contribution is -0.118. The maximum absolute atomic E-state index is 13.5. The molecule has 23 heavy (non-hydrogen) atoms. The van der Waals surface area contributed by atoms with E-state index in [9.17, 15) is 9.18 Å². The SMILES string of the molecule is CC(C)Oc1ccc(F)cc1NC(=O)CC1(CN)CCCCC1. The van der Waals surface area contributed by atoms with Crippen molar-refractivity contribution in [1.82, 2.24) is 0 Å². The minimum atomic E-state index is -0.400. The first kappa shape index (κ1) is 17.7. The predicted octanol–water partition coefficient (Wildman–Crippen LogP) is 3.85. The van der Waals surface area contributed by atoms with E-state index in [-0.39, 0.29) is 17.4 Å². The van der Waals surface area contributed by atoms with E-state index in [1.807, 2.05) is 13.8 Å². The zero-order chi connectivity index (χ0) is 16.9. The Bertz CT molecular complexity index is 540. The molecular weight excluding hydrogens is 295 g/mol. The maximum Gasteiger partial charge on any atom is 0.225 e. The van der Waals surface area contributed by atoms with Crippen LogP contribution in [-0.4, -0.2) is 18.6 Å². The fraction of sp³-hybridized carbons (Fsp3) is 0.611. The lowest BCUT2D eigenvalue weighted by Gasteiger charge is -2.35. The van der Waals surface area contributed by atoms with E-state index >= 15 is 0 Å². The number of anilines is 1. The third-order valence-electron chi connectivity index (χ3n) is 4.46. The highest BCUT2D eigenvalue weighted by Gasteiger charge is 2.33. The number of nitrogens with two attached hydrogens (primary N) is 1.